The molecule has 0 unspecified atom stereocenters. The molecule has 0 atom stereocenters. The monoisotopic (exact) mass is 292 g/mol. The van der Waals surface area contributed by atoms with E-state index in [4.69, 9.17) is 4.74 Å². The zero-order chi connectivity index (χ0) is 15.7. The van der Waals surface area contributed by atoms with Crippen molar-refractivity contribution >= 4 is 17.5 Å². The number of hydrogen-bond acceptors (Lipinski definition) is 3. The molecule has 0 radical (unpaired) electrons. The number of carbonyl (C=O) groups is 2. The van der Waals surface area contributed by atoms with Gasteiger partial charge in [0, 0.05) is 11.6 Å². The van der Waals surface area contributed by atoms with Crippen LogP contribution in [0.3, 0.4) is 0 Å². The topological polar surface area (TPSA) is 67.4 Å². The van der Waals surface area contributed by atoms with E-state index in [-0.39, 0.29) is 24.3 Å². The fourth-order valence-corrected chi connectivity index (χ4v) is 1.98. The lowest BCUT2D eigenvalue weighted by Gasteiger charge is -2.12. The molecular formula is C16H24N2O3. The highest BCUT2D eigenvalue weighted by Gasteiger charge is 2.14. The maximum atomic E-state index is 11.8. The van der Waals surface area contributed by atoms with Gasteiger partial charge in [-0.2, -0.15) is 0 Å². The summed E-state index contributed by atoms with van der Waals surface area (Å²) in [6.45, 7) is 6.44. The van der Waals surface area contributed by atoms with Crippen LogP contribution in [0.2, 0.25) is 0 Å². The second kappa shape index (κ2) is 9.00. The highest BCUT2D eigenvalue weighted by Crippen LogP contribution is 2.15. The van der Waals surface area contributed by atoms with Gasteiger partial charge in [0.25, 0.3) is 0 Å². The van der Waals surface area contributed by atoms with Crippen LogP contribution >= 0.6 is 0 Å². The van der Waals surface area contributed by atoms with Crippen LogP contribution in [0.1, 0.15) is 33.6 Å². The molecule has 116 valence electrons. The number of amides is 2. The van der Waals surface area contributed by atoms with Crippen molar-refractivity contribution in [2.45, 2.75) is 33.6 Å². The van der Waals surface area contributed by atoms with Crippen LogP contribution in [0.5, 0.6) is 5.75 Å². The third-order valence-electron chi connectivity index (χ3n) is 3.23. The molecule has 2 amide bonds. The van der Waals surface area contributed by atoms with Gasteiger partial charge >= 0.3 is 0 Å². The molecule has 21 heavy (non-hydrogen) atoms. The van der Waals surface area contributed by atoms with Crippen molar-refractivity contribution in [2.75, 3.05) is 18.5 Å². The molecule has 1 aromatic rings. The molecule has 0 aliphatic carbocycles. The first-order chi connectivity index (χ1) is 10.1. The van der Waals surface area contributed by atoms with E-state index in [0.717, 1.165) is 18.6 Å². The van der Waals surface area contributed by atoms with E-state index in [0.29, 0.717) is 12.3 Å². The van der Waals surface area contributed by atoms with Gasteiger partial charge in [-0.15, -0.1) is 0 Å². The van der Waals surface area contributed by atoms with E-state index in [9.17, 15) is 9.59 Å². The van der Waals surface area contributed by atoms with Gasteiger partial charge in [0.15, 0.2) is 0 Å². The maximum absolute atomic E-state index is 11.8. The number of benzene rings is 1. The summed E-state index contributed by atoms with van der Waals surface area (Å²) in [7, 11) is 0. The van der Waals surface area contributed by atoms with Crippen LogP contribution in [-0.2, 0) is 9.59 Å². The molecule has 2 N–H and O–H groups in total. The Balaban J connectivity index is 2.41. The van der Waals surface area contributed by atoms with Crippen molar-refractivity contribution in [3.63, 3.8) is 0 Å². The highest BCUT2D eigenvalue weighted by molar-refractivity contribution is 5.94. The minimum atomic E-state index is -0.238. The lowest BCUT2D eigenvalue weighted by Crippen LogP contribution is -2.36. The van der Waals surface area contributed by atoms with Crippen molar-refractivity contribution in [3.8, 4) is 5.75 Å². The Labute approximate surface area is 126 Å². The Bertz CT molecular complexity index is 453. The summed E-state index contributed by atoms with van der Waals surface area (Å²) in [5.41, 5.74) is 0.681. The highest BCUT2D eigenvalue weighted by atomic mass is 16.5. The molecule has 1 rings (SSSR count). The van der Waals surface area contributed by atoms with E-state index >= 15 is 0 Å². The summed E-state index contributed by atoms with van der Waals surface area (Å²) >= 11 is 0. The van der Waals surface area contributed by atoms with Gasteiger partial charge in [-0.25, -0.2) is 0 Å². The first-order valence-electron chi connectivity index (χ1n) is 7.41. The lowest BCUT2D eigenvalue weighted by atomic mass is 10.0. The van der Waals surface area contributed by atoms with Gasteiger partial charge in [0.2, 0.25) is 11.8 Å². The number of anilines is 1. The lowest BCUT2D eigenvalue weighted by molar-refractivity contribution is -0.127. The van der Waals surface area contributed by atoms with Crippen LogP contribution < -0.4 is 15.4 Å². The smallest absolute Gasteiger partial charge is 0.243 e. The molecule has 5 nitrogen and oxygen atoms in total. The first kappa shape index (κ1) is 17.0. The maximum Gasteiger partial charge on any atom is 0.243 e. The van der Waals surface area contributed by atoms with E-state index in [1.54, 1.807) is 24.3 Å². The predicted molar refractivity (Wildman–Crippen MR) is 83.3 cm³/mol. The average Bonchev–Trinajstić information content (AvgIpc) is 2.49. The summed E-state index contributed by atoms with van der Waals surface area (Å²) in [5.74, 6) is 0.432. The molecule has 0 aliphatic rings. The zero-order valence-corrected chi connectivity index (χ0v) is 12.9. The largest absolute Gasteiger partial charge is 0.494 e. The van der Waals surface area contributed by atoms with E-state index in [1.807, 2.05) is 20.8 Å². The van der Waals surface area contributed by atoms with Gasteiger partial charge in [0.1, 0.15) is 5.75 Å². The summed E-state index contributed by atoms with van der Waals surface area (Å²) in [4.78, 5) is 23.5. The van der Waals surface area contributed by atoms with Crippen molar-refractivity contribution in [3.05, 3.63) is 24.3 Å². The molecule has 5 heteroatoms. The summed E-state index contributed by atoms with van der Waals surface area (Å²) in [6, 6.07) is 7.13. The number of rotatable bonds is 8. The summed E-state index contributed by atoms with van der Waals surface area (Å²) in [5, 5.41) is 5.39. The van der Waals surface area contributed by atoms with Crippen LogP contribution in [0, 0.1) is 5.92 Å². The molecule has 1 aromatic carbocycles. The summed E-state index contributed by atoms with van der Waals surface area (Å²) in [6.07, 6.45) is 1.56. The van der Waals surface area contributed by atoms with Crippen molar-refractivity contribution < 1.29 is 14.3 Å². The van der Waals surface area contributed by atoms with Crippen molar-refractivity contribution in [1.82, 2.24) is 5.32 Å². The molecule has 0 aliphatic heterocycles. The third kappa shape index (κ3) is 5.85. The van der Waals surface area contributed by atoms with E-state index in [1.165, 1.54) is 0 Å². The Morgan fingerprint density at radius 1 is 1.10 bits per heavy atom. The Kier molecular flexibility index (Phi) is 7.29. The number of carbonyl (C=O) groups excluding carboxylic acids is 2. The van der Waals surface area contributed by atoms with Crippen LogP contribution in [0.25, 0.3) is 0 Å². The van der Waals surface area contributed by atoms with Crippen LogP contribution in [-0.4, -0.2) is 25.0 Å². The zero-order valence-electron chi connectivity index (χ0n) is 12.9. The first-order valence-corrected chi connectivity index (χ1v) is 7.41. The van der Waals surface area contributed by atoms with Crippen molar-refractivity contribution in [1.29, 1.82) is 0 Å². The second-order valence-electron chi connectivity index (χ2n) is 4.74. The Morgan fingerprint density at radius 3 is 2.24 bits per heavy atom. The van der Waals surface area contributed by atoms with Crippen molar-refractivity contribution in [2.24, 2.45) is 5.92 Å². The minimum Gasteiger partial charge on any atom is -0.494 e. The molecule has 0 bridgehead atoms. The fourth-order valence-electron chi connectivity index (χ4n) is 1.98. The minimum absolute atomic E-state index is 0.0114. The third-order valence-corrected chi connectivity index (χ3v) is 3.23. The van der Waals surface area contributed by atoms with Gasteiger partial charge in [-0.3, -0.25) is 9.59 Å². The van der Waals surface area contributed by atoms with Crippen LogP contribution in [0.15, 0.2) is 24.3 Å². The number of hydrogen-bond donors (Lipinski definition) is 2. The molecule has 0 saturated heterocycles. The average molecular weight is 292 g/mol. The second-order valence-corrected chi connectivity index (χ2v) is 4.74. The number of nitrogens with one attached hydrogen (secondary N) is 2. The van der Waals surface area contributed by atoms with E-state index in [2.05, 4.69) is 10.6 Å². The van der Waals surface area contributed by atoms with Gasteiger partial charge in [-0.05, 0) is 44.0 Å². The number of ether oxygens (including phenoxy) is 1. The molecule has 0 spiro atoms. The molecule has 0 heterocycles. The van der Waals surface area contributed by atoms with E-state index < -0.39 is 0 Å². The Morgan fingerprint density at radius 2 is 1.71 bits per heavy atom. The molecule has 0 fully saturated rings. The van der Waals surface area contributed by atoms with Crippen LogP contribution in [0.4, 0.5) is 5.69 Å². The molecule has 0 aromatic heterocycles. The normalized spacial score (nSPS) is 10.3. The standard InChI is InChI=1S/C16H24N2O3/c1-4-12(5-2)16(20)17-11-15(19)18-13-7-9-14(10-8-13)21-6-3/h7-10,12H,4-6,11H2,1-3H3,(H,17,20)(H,18,19). The predicted octanol–water partition coefficient (Wildman–Crippen LogP) is 2.58. The quantitative estimate of drug-likeness (QED) is 0.774. The Hall–Kier alpha value is -2.04. The molecule has 0 saturated carbocycles. The van der Waals surface area contributed by atoms with Gasteiger partial charge < -0.3 is 15.4 Å². The van der Waals surface area contributed by atoms with Gasteiger partial charge in [0.05, 0.1) is 13.2 Å². The molecular weight excluding hydrogens is 268 g/mol. The summed E-state index contributed by atoms with van der Waals surface area (Å²) < 4.78 is 5.33. The van der Waals surface area contributed by atoms with Gasteiger partial charge in [-0.1, -0.05) is 13.8 Å². The fraction of sp³-hybridized carbons (Fsp3) is 0.500. The SMILES string of the molecule is CCOc1ccc(NC(=O)CNC(=O)C(CC)CC)cc1.